The molecule has 0 fully saturated rings. The van der Waals surface area contributed by atoms with Crippen molar-refractivity contribution in [2.45, 2.75) is 13.3 Å². The molecule has 0 bridgehead atoms. The standard InChI is InChI=1S/C13H16O2/c1-2-14-8-9-15-13-7-6-11-4-3-5-12(11)10-13/h3-4,6-7,10H,2,5,8-9H2,1H3. The molecule has 0 spiro atoms. The van der Waals surface area contributed by atoms with E-state index >= 15 is 0 Å². The van der Waals surface area contributed by atoms with Crippen LogP contribution >= 0.6 is 0 Å². The Balaban J connectivity index is 1.88. The summed E-state index contributed by atoms with van der Waals surface area (Å²) in [7, 11) is 0. The highest BCUT2D eigenvalue weighted by atomic mass is 16.5. The fraction of sp³-hybridized carbons (Fsp3) is 0.385. The summed E-state index contributed by atoms with van der Waals surface area (Å²) in [5.74, 6) is 0.942. The van der Waals surface area contributed by atoms with Gasteiger partial charge in [0.1, 0.15) is 12.4 Å². The number of ether oxygens (including phenoxy) is 2. The van der Waals surface area contributed by atoms with Crippen LogP contribution in [0.15, 0.2) is 24.3 Å². The van der Waals surface area contributed by atoms with Crippen molar-refractivity contribution in [3.05, 3.63) is 35.4 Å². The van der Waals surface area contributed by atoms with E-state index in [0.29, 0.717) is 13.2 Å². The van der Waals surface area contributed by atoms with Gasteiger partial charge < -0.3 is 9.47 Å². The first-order valence-electron chi connectivity index (χ1n) is 5.40. The lowest BCUT2D eigenvalue weighted by Crippen LogP contribution is -2.06. The Kier molecular flexibility index (Phi) is 3.41. The van der Waals surface area contributed by atoms with Gasteiger partial charge in [-0.3, -0.25) is 0 Å². The van der Waals surface area contributed by atoms with Crippen molar-refractivity contribution in [3.63, 3.8) is 0 Å². The lowest BCUT2D eigenvalue weighted by molar-refractivity contribution is 0.110. The summed E-state index contributed by atoms with van der Waals surface area (Å²) < 4.78 is 10.8. The van der Waals surface area contributed by atoms with Crippen molar-refractivity contribution < 1.29 is 9.47 Å². The Bertz CT molecular complexity index is 356. The zero-order valence-corrected chi connectivity index (χ0v) is 9.03. The maximum absolute atomic E-state index is 5.58. The Morgan fingerprint density at radius 3 is 3.07 bits per heavy atom. The van der Waals surface area contributed by atoms with Gasteiger partial charge in [0.2, 0.25) is 0 Å². The van der Waals surface area contributed by atoms with Gasteiger partial charge in [-0.25, -0.2) is 0 Å². The Labute approximate surface area is 90.5 Å². The van der Waals surface area contributed by atoms with Gasteiger partial charge >= 0.3 is 0 Å². The van der Waals surface area contributed by atoms with Crippen molar-refractivity contribution in [2.75, 3.05) is 19.8 Å². The number of hydrogen-bond donors (Lipinski definition) is 0. The average Bonchev–Trinajstić information content (AvgIpc) is 2.71. The van der Waals surface area contributed by atoms with Crippen LogP contribution < -0.4 is 4.74 Å². The molecule has 0 unspecified atom stereocenters. The molecule has 0 saturated carbocycles. The molecule has 0 amide bonds. The molecule has 2 heteroatoms. The topological polar surface area (TPSA) is 18.5 Å². The molecule has 15 heavy (non-hydrogen) atoms. The van der Waals surface area contributed by atoms with E-state index in [1.807, 2.05) is 13.0 Å². The van der Waals surface area contributed by atoms with Crippen LogP contribution in [0.4, 0.5) is 0 Å². The van der Waals surface area contributed by atoms with E-state index in [-0.39, 0.29) is 0 Å². The molecular formula is C13H16O2. The van der Waals surface area contributed by atoms with Gasteiger partial charge in [0.25, 0.3) is 0 Å². The molecule has 80 valence electrons. The minimum atomic E-state index is 0.625. The van der Waals surface area contributed by atoms with Crippen molar-refractivity contribution in [2.24, 2.45) is 0 Å². The number of allylic oxidation sites excluding steroid dienone is 1. The summed E-state index contributed by atoms with van der Waals surface area (Å²) in [5.41, 5.74) is 2.66. The lowest BCUT2D eigenvalue weighted by atomic mass is 10.1. The van der Waals surface area contributed by atoms with Crippen LogP contribution in [0.2, 0.25) is 0 Å². The van der Waals surface area contributed by atoms with E-state index in [1.165, 1.54) is 11.1 Å². The molecule has 1 aromatic rings. The molecule has 0 saturated heterocycles. The molecule has 0 N–H and O–H groups in total. The third kappa shape index (κ3) is 2.60. The number of benzene rings is 1. The van der Waals surface area contributed by atoms with Crippen LogP contribution in [-0.2, 0) is 11.2 Å². The second kappa shape index (κ2) is 4.99. The highest BCUT2D eigenvalue weighted by Gasteiger charge is 2.05. The lowest BCUT2D eigenvalue weighted by Gasteiger charge is -2.07. The molecule has 1 aromatic carbocycles. The summed E-state index contributed by atoms with van der Waals surface area (Å²) in [6, 6.07) is 6.23. The fourth-order valence-electron chi connectivity index (χ4n) is 1.69. The van der Waals surface area contributed by atoms with Crippen molar-refractivity contribution >= 4 is 6.08 Å². The molecule has 0 atom stereocenters. The van der Waals surface area contributed by atoms with Crippen LogP contribution in [0.3, 0.4) is 0 Å². The predicted octanol–water partition coefficient (Wildman–Crippen LogP) is 2.67. The molecule has 0 aromatic heterocycles. The Morgan fingerprint density at radius 1 is 1.27 bits per heavy atom. The second-order valence-electron chi connectivity index (χ2n) is 3.51. The van der Waals surface area contributed by atoms with E-state index in [9.17, 15) is 0 Å². The Hall–Kier alpha value is -1.28. The minimum Gasteiger partial charge on any atom is -0.491 e. The normalized spacial score (nSPS) is 12.9. The van der Waals surface area contributed by atoms with Crippen LogP contribution in [-0.4, -0.2) is 19.8 Å². The fourth-order valence-corrected chi connectivity index (χ4v) is 1.69. The van der Waals surface area contributed by atoms with Gasteiger partial charge in [-0.1, -0.05) is 18.2 Å². The highest BCUT2D eigenvalue weighted by molar-refractivity contribution is 5.61. The summed E-state index contributed by atoms with van der Waals surface area (Å²) in [6.07, 6.45) is 5.35. The van der Waals surface area contributed by atoms with Gasteiger partial charge in [0.05, 0.1) is 6.61 Å². The van der Waals surface area contributed by atoms with E-state index < -0.39 is 0 Å². The largest absolute Gasteiger partial charge is 0.491 e. The average molecular weight is 204 g/mol. The monoisotopic (exact) mass is 204 g/mol. The minimum absolute atomic E-state index is 0.625. The molecule has 1 aliphatic rings. The molecule has 0 heterocycles. The van der Waals surface area contributed by atoms with Crippen molar-refractivity contribution in [3.8, 4) is 5.75 Å². The summed E-state index contributed by atoms with van der Waals surface area (Å²) in [6.45, 7) is 4.02. The number of hydrogen-bond acceptors (Lipinski definition) is 2. The zero-order chi connectivity index (χ0) is 10.5. The summed E-state index contributed by atoms with van der Waals surface area (Å²) >= 11 is 0. The molecule has 1 aliphatic carbocycles. The van der Waals surface area contributed by atoms with Crippen LogP contribution in [0.25, 0.3) is 6.08 Å². The molecule has 2 rings (SSSR count). The first-order valence-corrected chi connectivity index (χ1v) is 5.40. The van der Waals surface area contributed by atoms with E-state index in [1.54, 1.807) is 0 Å². The van der Waals surface area contributed by atoms with Gasteiger partial charge in [-0.05, 0) is 36.6 Å². The quantitative estimate of drug-likeness (QED) is 0.686. The van der Waals surface area contributed by atoms with Gasteiger partial charge in [-0.2, -0.15) is 0 Å². The molecular weight excluding hydrogens is 188 g/mol. The third-order valence-electron chi connectivity index (χ3n) is 2.45. The zero-order valence-electron chi connectivity index (χ0n) is 9.03. The summed E-state index contributed by atoms with van der Waals surface area (Å²) in [5, 5.41) is 0. The first-order chi connectivity index (χ1) is 7.40. The van der Waals surface area contributed by atoms with Crippen LogP contribution in [0.1, 0.15) is 18.1 Å². The predicted molar refractivity (Wildman–Crippen MR) is 61.2 cm³/mol. The van der Waals surface area contributed by atoms with Gasteiger partial charge in [-0.15, -0.1) is 0 Å². The molecule has 0 radical (unpaired) electrons. The van der Waals surface area contributed by atoms with E-state index in [0.717, 1.165) is 18.8 Å². The maximum atomic E-state index is 5.58. The second-order valence-corrected chi connectivity index (χ2v) is 3.51. The van der Waals surface area contributed by atoms with Gasteiger partial charge in [0.15, 0.2) is 0 Å². The van der Waals surface area contributed by atoms with Crippen molar-refractivity contribution in [1.82, 2.24) is 0 Å². The van der Waals surface area contributed by atoms with Crippen molar-refractivity contribution in [1.29, 1.82) is 0 Å². The molecule has 0 aliphatic heterocycles. The van der Waals surface area contributed by atoms with Crippen LogP contribution in [0.5, 0.6) is 5.75 Å². The summed E-state index contributed by atoms with van der Waals surface area (Å²) in [4.78, 5) is 0. The molecule has 2 nitrogen and oxygen atoms in total. The third-order valence-corrected chi connectivity index (χ3v) is 2.45. The SMILES string of the molecule is CCOCCOc1ccc2c(c1)CC=C2. The van der Waals surface area contributed by atoms with Gasteiger partial charge in [0, 0.05) is 6.61 Å². The smallest absolute Gasteiger partial charge is 0.119 e. The number of rotatable bonds is 5. The van der Waals surface area contributed by atoms with Crippen LogP contribution in [0, 0.1) is 0 Å². The Morgan fingerprint density at radius 2 is 2.20 bits per heavy atom. The van der Waals surface area contributed by atoms with E-state index in [2.05, 4.69) is 24.3 Å². The maximum Gasteiger partial charge on any atom is 0.119 e. The highest BCUT2D eigenvalue weighted by Crippen LogP contribution is 2.24. The first kappa shape index (κ1) is 10.2. The number of fused-ring (bicyclic) bond motifs is 1. The van der Waals surface area contributed by atoms with E-state index in [4.69, 9.17) is 9.47 Å².